The summed E-state index contributed by atoms with van der Waals surface area (Å²) in [7, 11) is 0. The van der Waals surface area contributed by atoms with Crippen LogP contribution in [0.15, 0.2) is 59.9 Å². The lowest BCUT2D eigenvalue weighted by Crippen LogP contribution is -2.39. The van der Waals surface area contributed by atoms with E-state index in [1.807, 2.05) is 62.4 Å². The van der Waals surface area contributed by atoms with Crippen LogP contribution in [-0.2, 0) is 4.79 Å². The summed E-state index contributed by atoms with van der Waals surface area (Å²) < 4.78 is 1.38. The van der Waals surface area contributed by atoms with Crippen molar-refractivity contribution in [1.82, 2.24) is 15.0 Å². The van der Waals surface area contributed by atoms with E-state index in [4.69, 9.17) is 5.84 Å². The average molecular weight is 410 g/mol. The molecule has 0 aliphatic heterocycles. The summed E-state index contributed by atoms with van der Waals surface area (Å²) in [4.78, 5) is 29.1. The van der Waals surface area contributed by atoms with Crippen molar-refractivity contribution in [2.45, 2.75) is 31.2 Å². The maximum absolute atomic E-state index is 12.4. The first kappa shape index (κ1) is 20.5. The fourth-order valence-corrected chi connectivity index (χ4v) is 3.55. The zero-order valence-corrected chi connectivity index (χ0v) is 17.3. The van der Waals surface area contributed by atoms with Crippen LogP contribution in [0.25, 0.3) is 11.3 Å². The summed E-state index contributed by atoms with van der Waals surface area (Å²) in [5, 5.41) is 4.98. The number of nitrogens with two attached hydrogens (primary N) is 1. The number of benzene rings is 2. The van der Waals surface area contributed by atoms with E-state index in [0.717, 1.165) is 22.4 Å². The maximum Gasteiger partial charge on any atom is 0.325 e. The lowest BCUT2D eigenvalue weighted by Gasteiger charge is -2.13. The number of hydrogen-bond acceptors (Lipinski definition) is 5. The number of nitrogens with zero attached hydrogens (tertiary/aromatic N) is 2. The van der Waals surface area contributed by atoms with Crippen molar-refractivity contribution in [1.29, 1.82) is 0 Å². The number of urea groups is 1. The third kappa shape index (κ3) is 5.17. The summed E-state index contributed by atoms with van der Waals surface area (Å²) in [5.41, 5.74) is 4.33. The Morgan fingerprint density at radius 2 is 1.86 bits per heavy atom. The van der Waals surface area contributed by atoms with Gasteiger partial charge in [-0.25, -0.2) is 14.5 Å². The lowest BCUT2D eigenvalue weighted by molar-refractivity contribution is -0.119. The van der Waals surface area contributed by atoms with Gasteiger partial charge in [0.2, 0.25) is 5.91 Å². The minimum atomic E-state index is -0.574. The van der Waals surface area contributed by atoms with Crippen LogP contribution in [0.5, 0.6) is 0 Å². The number of carbonyl (C=O) groups excluding carboxylic acids is 2. The van der Waals surface area contributed by atoms with Gasteiger partial charge < -0.3 is 11.2 Å². The fraction of sp³-hybridized carbons (Fsp3) is 0.190. The molecule has 8 heteroatoms. The first-order chi connectivity index (χ1) is 13.8. The number of hydrogen-bond donors (Lipinski definition) is 3. The predicted molar refractivity (Wildman–Crippen MR) is 116 cm³/mol. The molecule has 3 amide bonds. The zero-order valence-electron chi connectivity index (χ0n) is 16.5. The van der Waals surface area contributed by atoms with Crippen LogP contribution >= 0.6 is 11.8 Å². The highest BCUT2D eigenvalue weighted by Crippen LogP contribution is 2.25. The molecular formula is C21H23N5O2S. The van der Waals surface area contributed by atoms with Crippen LogP contribution in [0.3, 0.4) is 0 Å². The number of nitrogens with one attached hydrogen (secondary N) is 2. The molecule has 2 aromatic carbocycles. The molecule has 0 radical (unpaired) electrons. The summed E-state index contributed by atoms with van der Waals surface area (Å²) >= 11 is 1.18. The highest BCUT2D eigenvalue weighted by molar-refractivity contribution is 8.00. The fourth-order valence-electron chi connectivity index (χ4n) is 2.74. The van der Waals surface area contributed by atoms with Gasteiger partial charge in [0.05, 0.1) is 17.1 Å². The van der Waals surface area contributed by atoms with Crippen molar-refractivity contribution >= 4 is 29.4 Å². The molecule has 3 aromatic rings. The second kappa shape index (κ2) is 8.83. The van der Waals surface area contributed by atoms with Gasteiger partial charge in [-0.05, 0) is 32.4 Å². The van der Waals surface area contributed by atoms with E-state index in [9.17, 15) is 9.59 Å². The molecule has 0 saturated heterocycles. The van der Waals surface area contributed by atoms with Gasteiger partial charge in [-0.2, -0.15) is 0 Å². The molecule has 1 atom stereocenters. The van der Waals surface area contributed by atoms with Gasteiger partial charge in [-0.3, -0.25) is 10.1 Å². The molecule has 150 valence electrons. The van der Waals surface area contributed by atoms with Crippen LogP contribution in [0.2, 0.25) is 0 Å². The Balaban J connectivity index is 1.60. The van der Waals surface area contributed by atoms with Gasteiger partial charge >= 0.3 is 6.03 Å². The molecule has 3 rings (SSSR count). The van der Waals surface area contributed by atoms with Gasteiger partial charge in [-0.15, -0.1) is 0 Å². The standard InChI is InChI=1S/C21H23N5O2S/c1-13-9-10-17(14(2)11-13)23-20(28)25-19(27)15(3)29-21-24-18(12-26(21)22)16-7-5-4-6-8-16/h4-12,15H,22H2,1-3H3,(H2,23,25,27,28). The zero-order chi connectivity index (χ0) is 21.0. The summed E-state index contributed by atoms with van der Waals surface area (Å²) in [6.45, 7) is 5.57. The Morgan fingerprint density at radius 3 is 2.55 bits per heavy atom. The number of imide groups is 1. The number of aromatic nitrogens is 2. The number of thioether (sulfide) groups is 1. The van der Waals surface area contributed by atoms with Gasteiger partial charge in [0.15, 0.2) is 5.16 Å². The third-order valence-electron chi connectivity index (χ3n) is 4.29. The van der Waals surface area contributed by atoms with E-state index in [2.05, 4.69) is 15.6 Å². The van der Waals surface area contributed by atoms with E-state index in [-0.39, 0.29) is 0 Å². The Morgan fingerprint density at radius 1 is 1.14 bits per heavy atom. The molecule has 0 aliphatic rings. The quantitative estimate of drug-likeness (QED) is 0.440. The number of imidazole rings is 1. The molecule has 29 heavy (non-hydrogen) atoms. The topological polar surface area (TPSA) is 102 Å². The third-order valence-corrected chi connectivity index (χ3v) is 5.37. The molecule has 7 nitrogen and oxygen atoms in total. The molecule has 0 bridgehead atoms. The average Bonchev–Trinajstić information content (AvgIpc) is 3.05. The lowest BCUT2D eigenvalue weighted by atomic mass is 10.1. The summed E-state index contributed by atoms with van der Waals surface area (Å²) in [6, 6.07) is 14.7. The van der Waals surface area contributed by atoms with Crippen molar-refractivity contribution in [3.05, 3.63) is 65.9 Å². The van der Waals surface area contributed by atoms with Crippen molar-refractivity contribution in [2.24, 2.45) is 0 Å². The highest BCUT2D eigenvalue weighted by Gasteiger charge is 2.20. The van der Waals surface area contributed by atoms with E-state index in [1.54, 1.807) is 13.1 Å². The number of anilines is 1. The van der Waals surface area contributed by atoms with Crippen LogP contribution in [0.4, 0.5) is 10.5 Å². The molecule has 0 aliphatic carbocycles. The normalized spacial score (nSPS) is 11.7. The minimum absolute atomic E-state index is 0.429. The van der Waals surface area contributed by atoms with Crippen molar-refractivity contribution in [2.75, 3.05) is 11.2 Å². The Labute approximate surface area is 173 Å². The maximum atomic E-state index is 12.4. The highest BCUT2D eigenvalue weighted by atomic mass is 32.2. The molecular weight excluding hydrogens is 386 g/mol. The van der Waals surface area contributed by atoms with Gasteiger partial charge in [0, 0.05) is 11.3 Å². The smallest absolute Gasteiger partial charge is 0.325 e. The molecule has 1 heterocycles. The van der Waals surface area contributed by atoms with Crippen molar-refractivity contribution < 1.29 is 9.59 Å². The Kier molecular flexibility index (Phi) is 6.23. The van der Waals surface area contributed by atoms with E-state index >= 15 is 0 Å². The number of amides is 3. The summed E-state index contributed by atoms with van der Waals surface area (Å²) in [5.74, 6) is 5.55. The van der Waals surface area contributed by atoms with Gasteiger partial charge in [0.25, 0.3) is 0 Å². The second-order valence-electron chi connectivity index (χ2n) is 6.70. The van der Waals surface area contributed by atoms with E-state index < -0.39 is 17.2 Å². The van der Waals surface area contributed by atoms with Gasteiger partial charge in [-0.1, -0.05) is 59.8 Å². The molecule has 0 fully saturated rings. The van der Waals surface area contributed by atoms with E-state index in [0.29, 0.717) is 10.8 Å². The number of carbonyl (C=O) groups is 2. The first-order valence-electron chi connectivity index (χ1n) is 9.09. The van der Waals surface area contributed by atoms with Crippen LogP contribution in [0, 0.1) is 13.8 Å². The Bertz CT molecular complexity index is 1030. The number of rotatable bonds is 5. The van der Waals surface area contributed by atoms with Crippen molar-refractivity contribution in [3.63, 3.8) is 0 Å². The summed E-state index contributed by atoms with van der Waals surface area (Å²) in [6.07, 6.45) is 1.70. The second-order valence-corrected chi connectivity index (χ2v) is 8.01. The molecule has 1 unspecified atom stereocenters. The predicted octanol–water partition coefficient (Wildman–Crippen LogP) is 3.71. The van der Waals surface area contributed by atoms with Crippen LogP contribution in [0.1, 0.15) is 18.1 Å². The molecule has 4 N–H and O–H groups in total. The first-order valence-corrected chi connectivity index (χ1v) is 9.97. The monoisotopic (exact) mass is 409 g/mol. The van der Waals surface area contributed by atoms with Gasteiger partial charge in [0.1, 0.15) is 0 Å². The SMILES string of the molecule is Cc1ccc(NC(=O)NC(=O)C(C)Sc2nc(-c3ccccc3)cn2N)c(C)c1. The van der Waals surface area contributed by atoms with Crippen LogP contribution < -0.4 is 16.5 Å². The largest absolute Gasteiger partial charge is 0.337 e. The molecule has 0 saturated carbocycles. The number of nitrogen functional groups attached to an aromatic ring is 1. The molecule has 0 spiro atoms. The van der Waals surface area contributed by atoms with Crippen molar-refractivity contribution in [3.8, 4) is 11.3 Å². The Hall–Kier alpha value is -3.26. The number of aryl methyl sites for hydroxylation is 2. The molecule has 1 aromatic heterocycles. The van der Waals surface area contributed by atoms with Crippen LogP contribution in [-0.4, -0.2) is 26.8 Å². The minimum Gasteiger partial charge on any atom is -0.337 e. The van der Waals surface area contributed by atoms with E-state index in [1.165, 1.54) is 16.4 Å².